The second kappa shape index (κ2) is 5.48. The molecule has 3 N–H and O–H groups in total. The molecule has 1 aromatic heterocycles. The van der Waals surface area contributed by atoms with Crippen molar-refractivity contribution in [1.82, 2.24) is 10.3 Å². The van der Waals surface area contributed by atoms with Crippen LogP contribution in [-0.2, 0) is 10.2 Å². The predicted molar refractivity (Wildman–Crippen MR) is 71.0 cm³/mol. The van der Waals surface area contributed by atoms with Gasteiger partial charge in [0.25, 0.3) is 0 Å². The number of hydrogen-bond acceptors (Lipinski definition) is 3. The van der Waals surface area contributed by atoms with Gasteiger partial charge in [0.15, 0.2) is 0 Å². The summed E-state index contributed by atoms with van der Waals surface area (Å²) in [6.45, 7) is 3.08. The average molecular weight is 247 g/mol. The van der Waals surface area contributed by atoms with E-state index in [2.05, 4.69) is 17.2 Å². The van der Waals surface area contributed by atoms with Crippen molar-refractivity contribution >= 4 is 5.91 Å². The van der Waals surface area contributed by atoms with Crippen LogP contribution in [0.5, 0.6) is 0 Å². The highest BCUT2D eigenvalue weighted by Gasteiger charge is 2.42. The number of carbonyl (C=O) groups excluding carboxylic acids is 1. The zero-order valence-corrected chi connectivity index (χ0v) is 10.9. The van der Waals surface area contributed by atoms with Crippen molar-refractivity contribution in [2.45, 2.75) is 44.1 Å². The summed E-state index contributed by atoms with van der Waals surface area (Å²) in [5, 5.41) is 3.44. The molecule has 1 aromatic rings. The summed E-state index contributed by atoms with van der Waals surface area (Å²) in [4.78, 5) is 16.2. The molecule has 4 heteroatoms. The van der Waals surface area contributed by atoms with Crippen molar-refractivity contribution in [3.63, 3.8) is 0 Å². The highest BCUT2D eigenvalue weighted by molar-refractivity contribution is 5.86. The third-order valence-electron chi connectivity index (χ3n) is 3.96. The Labute approximate surface area is 108 Å². The topological polar surface area (TPSA) is 68.0 Å². The molecule has 1 amide bonds. The van der Waals surface area contributed by atoms with E-state index >= 15 is 0 Å². The summed E-state index contributed by atoms with van der Waals surface area (Å²) in [7, 11) is 0. The fraction of sp³-hybridized carbons (Fsp3) is 0.571. The van der Waals surface area contributed by atoms with Crippen LogP contribution >= 0.6 is 0 Å². The van der Waals surface area contributed by atoms with Gasteiger partial charge in [-0.1, -0.05) is 13.0 Å². The smallest absolute Gasteiger partial charge is 0.229 e. The van der Waals surface area contributed by atoms with Crippen LogP contribution in [0.25, 0.3) is 0 Å². The van der Waals surface area contributed by atoms with Crippen molar-refractivity contribution in [2.24, 2.45) is 5.73 Å². The second-order valence-corrected chi connectivity index (χ2v) is 4.99. The molecule has 0 radical (unpaired) electrons. The Morgan fingerprint density at radius 1 is 1.50 bits per heavy atom. The zero-order valence-electron chi connectivity index (χ0n) is 10.9. The molecule has 1 saturated carbocycles. The number of hydrogen-bond donors (Lipinski definition) is 2. The van der Waals surface area contributed by atoms with Crippen LogP contribution in [0.1, 0.15) is 38.3 Å². The van der Waals surface area contributed by atoms with Crippen molar-refractivity contribution in [3.05, 3.63) is 30.1 Å². The van der Waals surface area contributed by atoms with Crippen LogP contribution < -0.4 is 11.1 Å². The summed E-state index contributed by atoms with van der Waals surface area (Å²) in [5.41, 5.74) is 5.92. The van der Waals surface area contributed by atoms with Crippen LogP contribution in [0.2, 0.25) is 0 Å². The normalized spacial score (nSPS) is 27.9. The third-order valence-corrected chi connectivity index (χ3v) is 3.96. The maximum atomic E-state index is 11.9. The van der Waals surface area contributed by atoms with E-state index in [4.69, 9.17) is 5.73 Å². The average Bonchev–Trinajstić information content (AvgIpc) is 2.41. The number of primary amides is 1. The number of nitrogens with two attached hydrogens (primary N) is 1. The lowest BCUT2D eigenvalue weighted by Gasteiger charge is -2.37. The Bertz CT molecular complexity index is 397. The van der Waals surface area contributed by atoms with Gasteiger partial charge < -0.3 is 11.1 Å². The first-order chi connectivity index (χ1) is 8.69. The first-order valence-corrected chi connectivity index (χ1v) is 6.64. The standard InChI is InChI=1S/C14H21N3O/c1-2-16-11-6-8-14(9-7-11,13(15)18)12-5-3-4-10-17-12/h3-5,10-11,16H,2,6-9H2,1H3,(H2,15,18). The quantitative estimate of drug-likeness (QED) is 0.844. The number of amides is 1. The number of rotatable bonds is 4. The van der Waals surface area contributed by atoms with Gasteiger partial charge in [0.05, 0.1) is 11.1 Å². The number of pyridine rings is 1. The van der Waals surface area contributed by atoms with Gasteiger partial charge in [-0.25, -0.2) is 0 Å². The van der Waals surface area contributed by atoms with Gasteiger partial charge in [0, 0.05) is 12.2 Å². The molecule has 1 heterocycles. The van der Waals surface area contributed by atoms with Crippen LogP contribution in [0.15, 0.2) is 24.4 Å². The Kier molecular flexibility index (Phi) is 3.97. The van der Waals surface area contributed by atoms with Crippen molar-refractivity contribution in [3.8, 4) is 0 Å². The summed E-state index contributed by atoms with van der Waals surface area (Å²) in [6, 6.07) is 6.20. The molecule has 1 aliphatic carbocycles. The van der Waals surface area contributed by atoms with E-state index < -0.39 is 5.41 Å². The molecule has 1 aliphatic rings. The largest absolute Gasteiger partial charge is 0.369 e. The van der Waals surface area contributed by atoms with E-state index in [1.165, 1.54) is 0 Å². The Balaban J connectivity index is 2.19. The summed E-state index contributed by atoms with van der Waals surface area (Å²) < 4.78 is 0. The molecule has 0 atom stereocenters. The minimum absolute atomic E-state index is 0.240. The molecule has 0 saturated heterocycles. The molecule has 0 aromatic carbocycles. The molecule has 2 rings (SSSR count). The highest BCUT2D eigenvalue weighted by Crippen LogP contribution is 2.38. The first-order valence-electron chi connectivity index (χ1n) is 6.64. The van der Waals surface area contributed by atoms with Gasteiger partial charge in [-0.15, -0.1) is 0 Å². The van der Waals surface area contributed by atoms with Crippen LogP contribution in [0.4, 0.5) is 0 Å². The van der Waals surface area contributed by atoms with E-state index in [9.17, 15) is 4.79 Å². The minimum atomic E-state index is -0.562. The van der Waals surface area contributed by atoms with Crippen molar-refractivity contribution < 1.29 is 4.79 Å². The molecular weight excluding hydrogens is 226 g/mol. The lowest BCUT2D eigenvalue weighted by molar-refractivity contribution is -0.125. The van der Waals surface area contributed by atoms with Gasteiger partial charge in [-0.05, 0) is 44.4 Å². The van der Waals surface area contributed by atoms with Gasteiger partial charge in [0.2, 0.25) is 5.91 Å². The van der Waals surface area contributed by atoms with Crippen LogP contribution in [0.3, 0.4) is 0 Å². The number of nitrogens with one attached hydrogen (secondary N) is 1. The molecule has 0 spiro atoms. The lowest BCUT2D eigenvalue weighted by Crippen LogP contribution is -2.47. The number of carbonyl (C=O) groups is 1. The van der Waals surface area contributed by atoms with E-state index in [0.717, 1.165) is 37.9 Å². The molecule has 1 fully saturated rings. The van der Waals surface area contributed by atoms with E-state index in [-0.39, 0.29) is 5.91 Å². The first kappa shape index (κ1) is 13.0. The minimum Gasteiger partial charge on any atom is -0.369 e. The maximum absolute atomic E-state index is 11.9. The Morgan fingerprint density at radius 3 is 2.72 bits per heavy atom. The molecular formula is C14H21N3O. The van der Waals surface area contributed by atoms with E-state index in [1.54, 1.807) is 6.20 Å². The Morgan fingerprint density at radius 2 is 2.22 bits per heavy atom. The second-order valence-electron chi connectivity index (χ2n) is 4.99. The molecule has 0 aliphatic heterocycles. The van der Waals surface area contributed by atoms with E-state index in [0.29, 0.717) is 6.04 Å². The zero-order chi connectivity index (χ0) is 13.0. The molecule has 0 bridgehead atoms. The van der Waals surface area contributed by atoms with Crippen LogP contribution in [-0.4, -0.2) is 23.5 Å². The summed E-state index contributed by atoms with van der Waals surface area (Å²) >= 11 is 0. The maximum Gasteiger partial charge on any atom is 0.229 e. The summed E-state index contributed by atoms with van der Waals surface area (Å²) in [6.07, 6.45) is 5.27. The van der Waals surface area contributed by atoms with Crippen molar-refractivity contribution in [1.29, 1.82) is 0 Å². The number of nitrogens with zero attached hydrogens (tertiary/aromatic N) is 1. The van der Waals surface area contributed by atoms with Gasteiger partial charge in [0.1, 0.15) is 0 Å². The highest BCUT2D eigenvalue weighted by atomic mass is 16.1. The fourth-order valence-corrected chi connectivity index (χ4v) is 2.88. The predicted octanol–water partition coefficient (Wildman–Crippen LogP) is 1.36. The lowest BCUT2D eigenvalue weighted by atomic mass is 9.69. The fourth-order valence-electron chi connectivity index (χ4n) is 2.88. The number of aromatic nitrogens is 1. The summed E-state index contributed by atoms with van der Waals surface area (Å²) in [5.74, 6) is -0.240. The van der Waals surface area contributed by atoms with E-state index in [1.807, 2.05) is 18.2 Å². The van der Waals surface area contributed by atoms with Crippen molar-refractivity contribution in [2.75, 3.05) is 6.54 Å². The van der Waals surface area contributed by atoms with Gasteiger partial charge in [-0.3, -0.25) is 9.78 Å². The van der Waals surface area contributed by atoms with Gasteiger partial charge in [-0.2, -0.15) is 0 Å². The monoisotopic (exact) mass is 247 g/mol. The Hall–Kier alpha value is -1.42. The SMILES string of the molecule is CCNC1CCC(C(N)=O)(c2ccccn2)CC1. The molecule has 0 unspecified atom stereocenters. The molecule has 18 heavy (non-hydrogen) atoms. The molecule has 98 valence electrons. The van der Waals surface area contributed by atoms with Crippen LogP contribution in [0, 0.1) is 0 Å². The molecule has 4 nitrogen and oxygen atoms in total. The third kappa shape index (κ3) is 2.38. The van der Waals surface area contributed by atoms with Gasteiger partial charge >= 0.3 is 0 Å².